The van der Waals surface area contributed by atoms with Crippen molar-refractivity contribution in [2.45, 2.75) is 38.3 Å². The molecule has 6 nitrogen and oxygen atoms in total. The van der Waals surface area contributed by atoms with E-state index in [1.54, 1.807) is 11.1 Å². The van der Waals surface area contributed by atoms with Gasteiger partial charge in [0.25, 0.3) is 0 Å². The minimum atomic E-state index is -0.130. The molecule has 2 amide bonds. The third-order valence-corrected chi connectivity index (χ3v) is 3.93. The first-order chi connectivity index (χ1) is 9.28. The minimum Gasteiger partial charge on any atom is -0.394 e. The summed E-state index contributed by atoms with van der Waals surface area (Å²) >= 11 is 0. The number of likely N-dealkylation sites (tertiary alicyclic amines) is 1. The van der Waals surface area contributed by atoms with Crippen LogP contribution in [-0.2, 0) is 6.54 Å². The number of aliphatic hydroxyl groups is 1. The lowest BCUT2D eigenvalue weighted by Crippen LogP contribution is -2.40. The Labute approximate surface area is 112 Å². The molecule has 1 aliphatic carbocycles. The predicted octanol–water partition coefficient (Wildman–Crippen LogP) is 1.28. The van der Waals surface area contributed by atoms with Crippen LogP contribution in [0.25, 0.3) is 0 Å². The number of nitrogens with one attached hydrogen (secondary N) is 1. The van der Waals surface area contributed by atoms with Gasteiger partial charge in [-0.15, -0.1) is 0 Å². The Morgan fingerprint density at radius 2 is 2.32 bits per heavy atom. The normalized spacial score (nSPS) is 22.8. The Hall–Kier alpha value is -1.56. The van der Waals surface area contributed by atoms with Gasteiger partial charge >= 0.3 is 6.03 Å². The van der Waals surface area contributed by atoms with Gasteiger partial charge in [0, 0.05) is 19.2 Å². The Kier molecular flexibility index (Phi) is 3.42. The third kappa shape index (κ3) is 2.73. The van der Waals surface area contributed by atoms with Crippen molar-refractivity contribution in [3.8, 4) is 0 Å². The lowest BCUT2D eigenvalue weighted by Gasteiger charge is -2.23. The maximum absolute atomic E-state index is 12.2. The van der Waals surface area contributed by atoms with Crippen LogP contribution in [0.3, 0.4) is 0 Å². The fourth-order valence-corrected chi connectivity index (χ4v) is 2.60. The van der Waals surface area contributed by atoms with Gasteiger partial charge in [-0.05, 0) is 31.6 Å². The Morgan fingerprint density at radius 3 is 3.05 bits per heavy atom. The average Bonchev–Trinajstić information content (AvgIpc) is 2.91. The zero-order valence-electron chi connectivity index (χ0n) is 11.0. The van der Waals surface area contributed by atoms with E-state index in [1.807, 2.05) is 10.7 Å². The van der Waals surface area contributed by atoms with Crippen molar-refractivity contribution in [1.29, 1.82) is 0 Å². The summed E-state index contributed by atoms with van der Waals surface area (Å²) in [4.78, 5) is 13.9. The molecular formula is C13H20N4O2. The van der Waals surface area contributed by atoms with Crippen molar-refractivity contribution in [1.82, 2.24) is 14.7 Å². The fourth-order valence-electron chi connectivity index (χ4n) is 2.60. The molecule has 2 N–H and O–H groups in total. The molecule has 6 heteroatoms. The van der Waals surface area contributed by atoms with E-state index in [0.29, 0.717) is 12.5 Å². The van der Waals surface area contributed by atoms with Crippen LogP contribution in [0.4, 0.5) is 10.6 Å². The lowest BCUT2D eigenvalue weighted by molar-refractivity contribution is 0.166. The number of carbonyl (C=O) groups is 1. The quantitative estimate of drug-likeness (QED) is 0.860. The predicted molar refractivity (Wildman–Crippen MR) is 70.8 cm³/mol. The molecule has 2 heterocycles. The second kappa shape index (κ2) is 5.21. The van der Waals surface area contributed by atoms with Crippen molar-refractivity contribution >= 4 is 11.8 Å². The number of hydrogen-bond donors (Lipinski definition) is 2. The number of hydrogen-bond acceptors (Lipinski definition) is 3. The fraction of sp³-hybridized carbons (Fsp3) is 0.692. The zero-order valence-corrected chi connectivity index (χ0v) is 11.0. The molecule has 2 fully saturated rings. The summed E-state index contributed by atoms with van der Waals surface area (Å²) in [6, 6.07) is 1.65. The summed E-state index contributed by atoms with van der Waals surface area (Å²) in [5.74, 6) is 1.47. The summed E-state index contributed by atoms with van der Waals surface area (Å²) < 4.78 is 1.86. The molecule has 0 aromatic carbocycles. The number of anilines is 1. The van der Waals surface area contributed by atoms with Crippen LogP contribution in [0.5, 0.6) is 0 Å². The van der Waals surface area contributed by atoms with Crippen LogP contribution >= 0.6 is 0 Å². The number of amides is 2. The van der Waals surface area contributed by atoms with Gasteiger partial charge in [0.1, 0.15) is 5.82 Å². The van der Waals surface area contributed by atoms with Crippen LogP contribution in [-0.4, -0.2) is 45.0 Å². The molecular weight excluding hydrogens is 244 g/mol. The molecule has 1 atom stereocenters. The molecule has 1 saturated carbocycles. The number of carbonyl (C=O) groups excluding carboxylic acids is 1. The van der Waals surface area contributed by atoms with Crippen molar-refractivity contribution in [3.63, 3.8) is 0 Å². The van der Waals surface area contributed by atoms with E-state index in [4.69, 9.17) is 0 Å². The number of nitrogens with zero attached hydrogens (tertiary/aromatic N) is 3. The summed E-state index contributed by atoms with van der Waals surface area (Å²) in [5, 5.41) is 16.4. The third-order valence-electron chi connectivity index (χ3n) is 3.93. The van der Waals surface area contributed by atoms with Crippen molar-refractivity contribution in [2.24, 2.45) is 5.92 Å². The van der Waals surface area contributed by atoms with E-state index < -0.39 is 0 Å². The molecule has 0 radical (unpaired) electrons. The van der Waals surface area contributed by atoms with Gasteiger partial charge in [0.05, 0.1) is 18.8 Å². The number of rotatable bonds is 4. The zero-order chi connectivity index (χ0) is 13.2. The highest BCUT2D eigenvalue weighted by atomic mass is 16.3. The molecule has 1 aromatic rings. The molecule has 0 spiro atoms. The molecule has 3 rings (SSSR count). The minimum absolute atomic E-state index is 0.0365. The number of aliphatic hydroxyl groups excluding tert-OH is 1. The molecule has 1 saturated heterocycles. The molecule has 1 aliphatic heterocycles. The van der Waals surface area contributed by atoms with E-state index >= 15 is 0 Å². The van der Waals surface area contributed by atoms with Gasteiger partial charge in [0.2, 0.25) is 0 Å². The van der Waals surface area contributed by atoms with Crippen LogP contribution < -0.4 is 5.32 Å². The maximum atomic E-state index is 12.2. The Morgan fingerprint density at radius 1 is 1.47 bits per heavy atom. The molecule has 2 aliphatic rings. The van der Waals surface area contributed by atoms with E-state index in [2.05, 4.69) is 10.4 Å². The van der Waals surface area contributed by atoms with Gasteiger partial charge in [-0.1, -0.05) is 0 Å². The SMILES string of the molecule is O=C(Nc1ccnn1CC1CC1)N1CCCC1CO. The highest BCUT2D eigenvalue weighted by molar-refractivity contribution is 5.88. The molecule has 1 unspecified atom stereocenters. The number of urea groups is 1. The molecule has 19 heavy (non-hydrogen) atoms. The van der Waals surface area contributed by atoms with E-state index in [-0.39, 0.29) is 18.7 Å². The summed E-state index contributed by atoms with van der Waals surface area (Å²) in [6.45, 7) is 1.63. The largest absolute Gasteiger partial charge is 0.394 e. The number of aromatic nitrogens is 2. The van der Waals surface area contributed by atoms with Gasteiger partial charge in [-0.3, -0.25) is 5.32 Å². The van der Waals surface area contributed by atoms with Crippen LogP contribution in [0.1, 0.15) is 25.7 Å². The maximum Gasteiger partial charge on any atom is 0.323 e. The summed E-state index contributed by atoms with van der Waals surface area (Å²) in [7, 11) is 0. The summed E-state index contributed by atoms with van der Waals surface area (Å²) in [6.07, 6.45) is 6.06. The van der Waals surface area contributed by atoms with E-state index in [1.165, 1.54) is 12.8 Å². The van der Waals surface area contributed by atoms with Crippen LogP contribution in [0.2, 0.25) is 0 Å². The highest BCUT2D eigenvalue weighted by Gasteiger charge is 2.29. The molecule has 104 valence electrons. The second-order valence-electron chi connectivity index (χ2n) is 5.44. The van der Waals surface area contributed by atoms with E-state index in [0.717, 1.165) is 25.2 Å². The van der Waals surface area contributed by atoms with Crippen LogP contribution in [0.15, 0.2) is 12.3 Å². The second-order valence-corrected chi connectivity index (χ2v) is 5.44. The van der Waals surface area contributed by atoms with Gasteiger partial charge in [0.15, 0.2) is 0 Å². The van der Waals surface area contributed by atoms with Crippen molar-refractivity contribution in [2.75, 3.05) is 18.5 Å². The highest BCUT2D eigenvalue weighted by Crippen LogP contribution is 2.31. The Bertz CT molecular complexity index is 455. The lowest BCUT2D eigenvalue weighted by atomic mass is 10.2. The molecule has 1 aromatic heterocycles. The standard InChI is InChI=1S/C13H20N4O2/c18-9-11-2-1-7-16(11)13(19)15-12-5-6-14-17(12)8-10-3-4-10/h5-6,10-11,18H,1-4,7-9H2,(H,15,19). The van der Waals surface area contributed by atoms with Crippen molar-refractivity contribution in [3.05, 3.63) is 12.3 Å². The first-order valence-electron chi connectivity index (χ1n) is 6.98. The van der Waals surface area contributed by atoms with E-state index in [9.17, 15) is 9.90 Å². The van der Waals surface area contributed by atoms with Gasteiger partial charge in [-0.25, -0.2) is 9.48 Å². The molecule has 0 bridgehead atoms. The first kappa shape index (κ1) is 12.5. The van der Waals surface area contributed by atoms with Crippen molar-refractivity contribution < 1.29 is 9.90 Å². The van der Waals surface area contributed by atoms with Gasteiger partial charge < -0.3 is 10.0 Å². The first-order valence-corrected chi connectivity index (χ1v) is 6.98. The monoisotopic (exact) mass is 264 g/mol. The topological polar surface area (TPSA) is 70.4 Å². The smallest absolute Gasteiger partial charge is 0.323 e. The summed E-state index contributed by atoms with van der Waals surface area (Å²) in [5.41, 5.74) is 0. The Balaban J connectivity index is 1.63. The van der Waals surface area contributed by atoms with Gasteiger partial charge in [-0.2, -0.15) is 5.10 Å². The average molecular weight is 264 g/mol. The van der Waals surface area contributed by atoms with Crippen LogP contribution in [0, 0.1) is 5.92 Å².